The Bertz CT molecular complexity index is 578. The highest BCUT2D eigenvalue weighted by Gasteiger charge is 2.14. The van der Waals surface area contributed by atoms with Crippen LogP contribution >= 0.6 is 0 Å². The van der Waals surface area contributed by atoms with Crippen LogP contribution in [-0.4, -0.2) is 10.8 Å². The number of aryl methyl sites for hydroxylation is 2. The molecule has 17 heavy (non-hydrogen) atoms. The Kier molecular flexibility index (Phi) is 3.00. The first-order valence-electron chi connectivity index (χ1n) is 5.31. The lowest BCUT2D eigenvalue weighted by molar-refractivity contribution is 0.103. The van der Waals surface area contributed by atoms with Gasteiger partial charge in [0.2, 0.25) is 0 Å². The van der Waals surface area contributed by atoms with Crippen LogP contribution in [0.3, 0.4) is 0 Å². The lowest BCUT2D eigenvalue weighted by Crippen LogP contribution is -2.06. The first kappa shape index (κ1) is 11.5. The Morgan fingerprint density at radius 3 is 2.53 bits per heavy atom. The summed E-state index contributed by atoms with van der Waals surface area (Å²) in [4.78, 5) is 16.2. The molecule has 2 aromatic rings. The Morgan fingerprint density at radius 1 is 1.12 bits per heavy atom. The summed E-state index contributed by atoms with van der Waals surface area (Å²) in [7, 11) is 0. The van der Waals surface area contributed by atoms with E-state index in [-0.39, 0.29) is 11.6 Å². The van der Waals surface area contributed by atoms with Crippen molar-refractivity contribution >= 4 is 5.78 Å². The molecule has 2 rings (SSSR count). The minimum absolute atomic E-state index is 0.117. The van der Waals surface area contributed by atoms with E-state index < -0.39 is 0 Å². The second-order valence-corrected chi connectivity index (χ2v) is 3.98. The number of rotatable bonds is 2. The van der Waals surface area contributed by atoms with E-state index >= 15 is 0 Å². The van der Waals surface area contributed by atoms with Crippen molar-refractivity contribution in [1.82, 2.24) is 4.98 Å². The highest BCUT2D eigenvalue weighted by Crippen LogP contribution is 2.17. The molecule has 0 saturated heterocycles. The number of pyridine rings is 1. The molecule has 86 valence electrons. The summed E-state index contributed by atoms with van der Waals surface area (Å²) in [6, 6.07) is 5.95. The number of carbonyl (C=O) groups excluding carboxylic acids is 1. The van der Waals surface area contributed by atoms with Crippen molar-refractivity contribution in [3.8, 4) is 0 Å². The van der Waals surface area contributed by atoms with E-state index in [1.807, 2.05) is 6.92 Å². The molecule has 0 unspecified atom stereocenters. The van der Waals surface area contributed by atoms with Crippen LogP contribution in [0.15, 0.2) is 36.7 Å². The molecule has 1 aromatic heterocycles. The maximum atomic E-state index is 13.0. The second-order valence-electron chi connectivity index (χ2n) is 3.98. The zero-order chi connectivity index (χ0) is 12.4. The van der Waals surface area contributed by atoms with Crippen molar-refractivity contribution < 1.29 is 9.18 Å². The van der Waals surface area contributed by atoms with E-state index in [4.69, 9.17) is 0 Å². The average molecular weight is 229 g/mol. The number of nitrogens with zero attached hydrogens (tertiary/aromatic N) is 1. The van der Waals surface area contributed by atoms with Crippen molar-refractivity contribution in [2.75, 3.05) is 0 Å². The van der Waals surface area contributed by atoms with Crippen LogP contribution in [0.25, 0.3) is 0 Å². The number of ketones is 1. The third-order valence-electron chi connectivity index (χ3n) is 2.72. The highest BCUT2D eigenvalue weighted by molar-refractivity contribution is 6.10. The van der Waals surface area contributed by atoms with Gasteiger partial charge in [0.25, 0.3) is 0 Å². The molecule has 2 nitrogen and oxygen atoms in total. The fraction of sp³-hybridized carbons (Fsp3) is 0.143. The van der Waals surface area contributed by atoms with Gasteiger partial charge in [0, 0.05) is 23.5 Å². The minimum Gasteiger partial charge on any atom is -0.289 e. The summed E-state index contributed by atoms with van der Waals surface area (Å²) in [6.45, 7) is 3.58. The van der Waals surface area contributed by atoms with Gasteiger partial charge in [0.1, 0.15) is 5.82 Å². The molecular formula is C14H12FNO. The van der Waals surface area contributed by atoms with Gasteiger partial charge < -0.3 is 0 Å². The fourth-order valence-corrected chi connectivity index (χ4v) is 1.73. The van der Waals surface area contributed by atoms with Gasteiger partial charge in [-0.15, -0.1) is 0 Å². The summed E-state index contributed by atoms with van der Waals surface area (Å²) in [6.07, 6.45) is 3.18. The lowest BCUT2D eigenvalue weighted by atomic mass is 9.97. The fourth-order valence-electron chi connectivity index (χ4n) is 1.73. The number of hydrogen-bond donors (Lipinski definition) is 0. The summed E-state index contributed by atoms with van der Waals surface area (Å²) in [5.41, 5.74) is 2.58. The molecule has 1 aromatic carbocycles. The summed E-state index contributed by atoms with van der Waals surface area (Å²) in [5.74, 6) is -0.449. The molecule has 0 radical (unpaired) electrons. The molecule has 1 heterocycles. The van der Waals surface area contributed by atoms with Crippen molar-refractivity contribution in [2.24, 2.45) is 0 Å². The van der Waals surface area contributed by atoms with Crippen LogP contribution in [0.5, 0.6) is 0 Å². The molecule has 3 heteroatoms. The highest BCUT2D eigenvalue weighted by atomic mass is 19.1. The Morgan fingerprint density at radius 2 is 1.88 bits per heavy atom. The standard InChI is InChI=1S/C14H12FNO/c1-9-5-6-16-8-13(9)14(17)12-4-3-11(15)7-10(12)2/h3-8H,1-2H3. The maximum Gasteiger partial charge on any atom is 0.195 e. The van der Waals surface area contributed by atoms with Gasteiger partial charge in [0.15, 0.2) is 5.78 Å². The minimum atomic E-state index is -0.332. The number of aromatic nitrogens is 1. The van der Waals surface area contributed by atoms with Gasteiger partial charge in [-0.05, 0) is 49.2 Å². The van der Waals surface area contributed by atoms with Gasteiger partial charge in [-0.3, -0.25) is 9.78 Å². The van der Waals surface area contributed by atoms with Crippen molar-refractivity contribution in [1.29, 1.82) is 0 Å². The van der Waals surface area contributed by atoms with E-state index in [0.717, 1.165) is 5.56 Å². The van der Waals surface area contributed by atoms with E-state index in [2.05, 4.69) is 4.98 Å². The van der Waals surface area contributed by atoms with Gasteiger partial charge in [-0.2, -0.15) is 0 Å². The zero-order valence-electron chi connectivity index (χ0n) is 9.70. The monoisotopic (exact) mass is 229 g/mol. The number of hydrogen-bond acceptors (Lipinski definition) is 2. The van der Waals surface area contributed by atoms with Gasteiger partial charge >= 0.3 is 0 Å². The molecule has 0 bridgehead atoms. The molecule has 0 fully saturated rings. The predicted molar refractivity (Wildman–Crippen MR) is 63.5 cm³/mol. The number of halogens is 1. The third kappa shape index (κ3) is 2.23. The van der Waals surface area contributed by atoms with E-state index in [1.165, 1.54) is 18.2 Å². The lowest BCUT2D eigenvalue weighted by Gasteiger charge is -2.06. The van der Waals surface area contributed by atoms with Crippen LogP contribution in [0.4, 0.5) is 4.39 Å². The molecule has 0 aliphatic heterocycles. The number of carbonyl (C=O) groups is 1. The maximum absolute atomic E-state index is 13.0. The van der Waals surface area contributed by atoms with Gasteiger partial charge in [0.05, 0.1) is 0 Å². The third-order valence-corrected chi connectivity index (χ3v) is 2.72. The Balaban J connectivity index is 2.48. The number of benzene rings is 1. The zero-order valence-corrected chi connectivity index (χ0v) is 9.70. The average Bonchev–Trinajstić information content (AvgIpc) is 2.29. The van der Waals surface area contributed by atoms with E-state index in [1.54, 1.807) is 25.4 Å². The SMILES string of the molecule is Cc1cc(F)ccc1C(=O)c1cnccc1C. The largest absolute Gasteiger partial charge is 0.289 e. The van der Waals surface area contributed by atoms with E-state index in [9.17, 15) is 9.18 Å². The second kappa shape index (κ2) is 4.45. The molecule has 0 spiro atoms. The molecule has 0 amide bonds. The first-order valence-corrected chi connectivity index (χ1v) is 5.31. The molecule has 0 aliphatic carbocycles. The first-order chi connectivity index (χ1) is 8.09. The topological polar surface area (TPSA) is 30.0 Å². The Labute approximate surface area is 99.1 Å². The summed E-state index contributed by atoms with van der Waals surface area (Å²) >= 11 is 0. The molecule has 0 atom stereocenters. The normalized spacial score (nSPS) is 10.3. The van der Waals surface area contributed by atoms with Crippen LogP contribution in [-0.2, 0) is 0 Å². The van der Waals surface area contributed by atoms with Crippen LogP contribution in [0.2, 0.25) is 0 Å². The molecule has 0 N–H and O–H groups in total. The van der Waals surface area contributed by atoms with Crippen LogP contribution < -0.4 is 0 Å². The molecule has 0 saturated carbocycles. The van der Waals surface area contributed by atoms with Crippen LogP contribution in [0.1, 0.15) is 27.0 Å². The quantitative estimate of drug-likeness (QED) is 0.741. The molecule has 0 aliphatic rings. The molecular weight excluding hydrogens is 217 g/mol. The van der Waals surface area contributed by atoms with Gasteiger partial charge in [-0.1, -0.05) is 0 Å². The Hall–Kier alpha value is -2.03. The smallest absolute Gasteiger partial charge is 0.195 e. The van der Waals surface area contributed by atoms with Crippen molar-refractivity contribution in [3.05, 3.63) is 64.7 Å². The van der Waals surface area contributed by atoms with Crippen LogP contribution in [0, 0.1) is 19.7 Å². The van der Waals surface area contributed by atoms with E-state index in [0.29, 0.717) is 16.7 Å². The predicted octanol–water partition coefficient (Wildman–Crippen LogP) is 3.07. The van der Waals surface area contributed by atoms with Gasteiger partial charge in [-0.25, -0.2) is 4.39 Å². The summed E-state index contributed by atoms with van der Waals surface area (Å²) < 4.78 is 13.0. The summed E-state index contributed by atoms with van der Waals surface area (Å²) in [5, 5.41) is 0. The van der Waals surface area contributed by atoms with Crippen molar-refractivity contribution in [3.63, 3.8) is 0 Å². The van der Waals surface area contributed by atoms with Crippen molar-refractivity contribution in [2.45, 2.75) is 13.8 Å².